The number of para-hydroxylation sites is 1. The van der Waals surface area contributed by atoms with Gasteiger partial charge in [-0.2, -0.15) is 0 Å². The molecule has 0 radical (unpaired) electrons. The van der Waals surface area contributed by atoms with Crippen LogP contribution in [0.5, 0.6) is 0 Å². The Labute approximate surface area is 166 Å². The molecule has 0 fully saturated rings. The first-order valence-corrected chi connectivity index (χ1v) is 9.14. The molecule has 1 amide bonds. The first-order valence-electron chi connectivity index (χ1n) is 9.14. The molecule has 140 valence electrons. The van der Waals surface area contributed by atoms with Gasteiger partial charge in [0.05, 0.1) is 41.4 Å². The Bertz CT molecular complexity index is 1330. The Balaban J connectivity index is 1.50. The summed E-state index contributed by atoms with van der Waals surface area (Å²) in [5, 5.41) is 3.81. The molecule has 0 aliphatic heterocycles. The van der Waals surface area contributed by atoms with E-state index in [0.29, 0.717) is 17.8 Å². The Morgan fingerprint density at radius 1 is 1.00 bits per heavy atom. The summed E-state index contributed by atoms with van der Waals surface area (Å²) in [4.78, 5) is 30.3. The van der Waals surface area contributed by atoms with Crippen molar-refractivity contribution in [3.05, 3.63) is 90.9 Å². The normalized spacial score (nSPS) is 11.0. The van der Waals surface area contributed by atoms with Gasteiger partial charge in [-0.05, 0) is 24.3 Å². The third-order valence-electron chi connectivity index (χ3n) is 4.74. The third-order valence-corrected chi connectivity index (χ3v) is 4.74. The van der Waals surface area contributed by atoms with Crippen molar-refractivity contribution in [3.63, 3.8) is 0 Å². The van der Waals surface area contributed by atoms with Crippen LogP contribution in [0.2, 0.25) is 0 Å². The highest BCUT2D eigenvalue weighted by atomic mass is 16.1. The molecule has 0 unspecified atom stereocenters. The zero-order valence-electron chi connectivity index (χ0n) is 15.4. The summed E-state index contributed by atoms with van der Waals surface area (Å²) in [6, 6.07) is 13.2. The van der Waals surface area contributed by atoms with E-state index in [1.54, 1.807) is 31.0 Å². The first kappa shape index (κ1) is 17.0. The van der Waals surface area contributed by atoms with E-state index in [9.17, 15) is 4.79 Å². The zero-order valence-corrected chi connectivity index (χ0v) is 15.4. The lowest BCUT2D eigenvalue weighted by molar-refractivity contribution is 0.0952. The number of nitrogens with one attached hydrogen (secondary N) is 1. The predicted octanol–water partition coefficient (Wildman–Crippen LogP) is 3.27. The molecule has 4 heterocycles. The minimum Gasteiger partial charge on any atom is -0.346 e. The average molecular weight is 380 g/mol. The van der Waals surface area contributed by atoms with Crippen LogP contribution in [0, 0.1) is 0 Å². The van der Waals surface area contributed by atoms with Gasteiger partial charge in [-0.1, -0.05) is 18.2 Å². The fourth-order valence-corrected chi connectivity index (χ4v) is 3.32. The van der Waals surface area contributed by atoms with Crippen LogP contribution in [0.25, 0.3) is 27.8 Å². The fraction of sp³-hybridized carbons (Fsp3) is 0.0455. The van der Waals surface area contributed by atoms with E-state index in [1.165, 1.54) is 0 Å². The third kappa shape index (κ3) is 3.19. The molecule has 0 aliphatic rings. The molecule has 0 bridgehead atoms. The monoisotopic (exact) mass is 380 g/mol. The smallest absolute Gasteiger partial charge is 0.252 e. The SMILES string of the molecule is O=C(NCc1cnc2cnccn12)c1cc(-c2cccnc2)nc2ccccc12. The van der Waals surface area contributed by atoms with Gasteiger partial charge in [0.25, 0.3) is 5.91 Å². The van der Waals surface area contributed by atoms with E-state index < -0.39 is 0 Å². The predicted molar refractivity (Wildman–Crippen MR) is 109 cm³/mol. The molecule has 0 spiro atoms. The maximum Gasteiger partial charge on any atom is 0.252 e. The number of rotatable bonds is 4. The van der Waals surface area contributed by atoms with Crippen molar-refractivity contribution < 1.29 is 4.79 Å². The van der Waals surface area contributed by atoms with Crippen molar-refractivity contribution in [2.75, 3.05) is 0 Å². The molecule has 29 heavy (non-hydrogen) atoms. The lowest BCUT2D eigenvalue weighted by atomic mass is 10.0. The Hall–Kier alpha value is -4.13. The number of carbonyl (C=O) groups is 1. The molecule has 5 rings (SSSR count). The number of hydrogen-bond donors (Lipinski definition) is 1. The van der Waals surface area contributed by atoms with Gasteiger partial charge >= 0.3 is 0 Å². The zero-order chi connectivity index (χ0) is 19.6. The standard InChI is InChI=1S/C22H16N6O/c29-22(26-13-16-12-25-21-14-24-8-9-28(16)21)18-10-20(15-4-3-7-23-11-15)27-19-6-2-1-5-17(18)19/h1-12,14H,13H2,(H,26,29). The van der Waals surface area contributed by atoms with E-state index in [0.717, 1.165) is 27.8 Å². The summed E-state index contributed by atoms with van der Waals surface area (Å²) >= 11 is 0. The lowest BCUT2D eigenvalue weighted by Crippen LogP contribution is -2.24. The van der Waals surface area contributed by atoms with Crippen LogP contribution in [0.15, 0.2) is 79.6 Å². The highest BCUT2D eigenvalue weighted by molar-refractivity contribution is 6.07. The van der Waals surface area contributed by atoms with Crippen LogP contribution in [0.3, 0.4) is 0 Å². The molecule has 7 nitrogen and oxygen atoms in total. The highest BCUT2D eigenvalue weighted by Gasteiger charge is 2.14. The number of amides is 1. The van der Waals surface area contributed by atoms with Gasteiger partial charge in [0.15, 0.2) is 5.65 Å². The number of fused-ring (bicyclic) bond motifs is 2. The van der Waals surface area contributed by atoms with Gasteiger partial charge in [-0.3, -0.25) is 19.2 Å². The van der Waals surface area contributed by atoms with Crippen molar-refractivity contribution in [2.45, 2.75) is 6.54 Å². The van der Waals surface area contributed by atoms with Crippen molar-refractivity contribution in [1.29, 1.82) is 0 Å². The summed E-state index contributed by atoms with van der Waals surface area (Å²) in [5.74, 6) is -0.169. The van der Waals surface area contributed by atoms with Gasteiger partial charge < -0.3 is 5.32 Å². The van der Waals surface area contributed by atoms with Crippen LogP contribution in [-0.2, 0) is 6.54 Å². The topological polar surface area (TPSA) is 85.1 Å². The summed E-state index contributed by atoms with van der Waals surface area (Å²) in [6.45, 7) is 0.350. The molecule has 0 atom stereocenters. The Kier molecular flexibility index (Phi) is 4.18. The van der Waals surface area contributed by atoms with Gasteiger partial charge in [0.1, 0.15) is 0 Å². The van der Waals surface area contributed by atoms with Gasteiger partial charge in [-0.25, -0.2) is 9.97 Å². The number of pyridine rings is 2. The summed E-state index contributed by atoms with van der Waals surface area (Å²) in [5.41, 5.74) is 4.53. The van der Waals surface area contributed by atoms with Crippen molar-refractivity contribution in [2.24, 2.45) is 0 Å². The van der Waals surface area contributed by atoms with Gasteiger partial charge in [-0.15, -0.1) is 0 Å². The minimum absolute atomic E-state index is 0.169. The largest absolute Gasteiger partial charge is 0.346 e. The van der Waals surface area contributed by atoms with Crippen molar-refractivity contribution >= 4 is 22.5 Å². The maximum atomic E-state index is 13.1. The number of nitrogens with zero attached hydrogens (tertiary/aromatic N) is 5. The second kappa shape index (κ2) is 7.12. The molecule has 0 aliphatic carbocycles. The Morgan fingerprint density at radius 3 is 2.79 bits per heavy atom. The fourth-order valence-electron chi connectivity index (χ4n) is 3.32. The first-order chi connectivity index (χ1) is 14.3. The van der Waals surface area contributed by atoms with Crippen LogP contribution in [0.4, 0.5) is 0 Å². The molecule has 4 aromatic heterocycles. The minimum atomic E-state index is -0.169. The number of benzene rings is 1. The van der Waals surface area contributed by atoms with Crippen LogP contribution in [0.1, 0.15) is 16.1 Å². The summed E-state index contributed by atoms with van der Waals surface area (Å²) < 4.78 is 1.90. The summed E-state index contributed by atoms with van der Waals surface area (Å²) in [7, 11) is 0. The van der Waals surface area contributed by atoms with Gasteiger partial charge in [0.2, 0.25) is 0 Å². The summed E-state index contributed by atoms with van der Waals surface area (Å²) in [6.07, 6.45) is 10.4. The van der Waals surface area contributed by atoms with E-state index >= 15 is 0 Å². The van der Waals surface area contributed by atoms with Crippen LogP contribution in [-0.4, -0.2) is 30.2 Å². The average Bonchev–Trinajstić information content (AvgIpc) is 3.20. The van der Waals surface area contributed by atoms with Gasteiger partial charge in [0, 0.05) is 35.7 Å². The molecule has 1 N–H and O–H groups in total. The molecular weight excluding hydrogens is 364 g/mol. The number of carbonyl (C=O) groups excluding carboxylic acids is 1. The Morgan fingerprint density at radius 2 is 1.90 bits per heavy atom. The van der Waals surface area contributed by atoms with Crippen LogP contribution >= 0.6 is 0 Å². The molecule has 1 aromatic carbocycles. The van der Waals surface area contributed by atoms with E-state index in [2.05, 4.69) is 20.3 Å². The quantitative estimate of drug-likeness (QED) is 0.517. The van der Waals surface area contributed by atoms with E-state index in [1.807, 2.05) is 53.1 Å². The van der Waals surface area contributed by atoms with E-state index in [-0.39, 0.29) is 5.91 Å². The maximum absolute atomic E-state index is 13.1. The molecule has 5 aromatic rings. The number of imidazole rings is 1. The van der Waals surface area contributed by atoms with Crippen molar-refractivity contribution in [1.82, 2.24) is 29.7 Å². The molecule has 7 heteroatoms. The molecule has 0 saturated heterocycles. The molecule has 0 saturated carbocycles. The number of aromatic nitrogens is 5. The lowest BCUT2D eigenvalue weighted by Gasteiger charge is -2.10. The highest BCUT2D eigenvalue weighted by Crippen LogP contribution is 2.24. The second-order valence-corrected chi connectivity index (χ2v) is 6.55. The second-order valence-electron chi connectivity index (χ2n) is 6.55. The van der Waals surface area contributed by atoms with Crippen molar-refractivity contribution in [3.8, 4) is 11.3 Å². The molecular formula is C22H16N6O. The van der Waals surface area contributed by atoms with Crippen LogP contribution < -0.4 is 5.32 Å². The number of hydrogen-bond acceptors (Lipinski definition) is 5. The van der Waals surface area contributed by atoms with E-state index in [4.69, 9.17) is 4.98 Å².